The zero-order chi connectivity index (χ0) is 18.6. The zero-order valence-electron chi connectivity index (χ0n) is 12.6. The highest BCUT2D eigenvalue weighted by Crippen LogP contribution is 2.19. The Labute approximate surface area is 140 Å². The second-order valence-electron chi connectivity index (χ2n) is 4.99. The van der Waals surface area contributed by atoms with Gasteiger partial charge in [-0.1, -0.05) is 18.2 Å². The number of benzene rings is 1. The quantitative estimate of drug-likeness (QED) is 0.431. The van der Waals surface area contributed by atoms with Gasteiger partial charge in [0.25, 0.3) is 5.91 Å². The van der Waals surface area contributed by atoms with Crippen LogP contribution in [0.25, 0.3) is 0 Å². The van der Waals surface area contributed by atoms with Crippen molar-refractivity contribution in [3.63, 3.8) is 0 Å². The predicted octanol–water partition coefficient (Wildman–Crippen LogP) is -2.79. The molecule has 0 unspecified atom stereocenters. The average Bonchev–Trinajstić information content (AvgIpc) is 2.53. The lowest BCUT2D eigenvalue weighted by molar-refractivity contribution is -0.316. The summed E-state index contributed by atoms with van der Waals surface area (Å²) in [6.45, 7) is 0. The van der Waals surface area contributed by atoms with Gasteiger partial charge in [0, 0.05) is 18.6 Å². The van der Waals surface area contributed by atoms with E-state index in [9.17, 15) is 34.2 Å². The number of carboxylic acids is 2. The number of amides is 4. The number of nitrogens with zero attached hydrogens (tertiary/aromatic N) is 2. The summed E-state index contributed by atoms with van der Waals surface area (Å²) in [5, 5.41) is 23.3. The van der Waals surface area contributed by atoms with E-state index in [2.05, 4.69) is 4.99 Å². The number of barbiturate groups is 1. The van der Waals surface area contributed by atoms with Crippen molar-refractivity contribution in [1.82, 2.24) is 5.32 Å². The number of urea groups is 1. The number of rotatable bonds is 6. The molecule has 4 amide bonds. The molecule has 0 radical (unpaired) electrons. The molecule has 1 aromatic carbocycles. The van der Waals surface area contributed by atoms with Crippen molar-refractivity contribution in [2.24, 2.45) is 10.9 Å². The lowest BCUT2D eigenvalue weighted by atomic mass is 10.1. The molecule has 2 rings (SSSR count). The third-order valence-electron chi connectivity index (χ3n) is 3.26. The van der Waals surface area contributed by atoms with Crippen LogP contribution < -0.4 is 20.4 Å². The molecule has 1 fully saturated rings. The Morgan fingerprint density at radius 2 is 1.84 bits per heavy atom. The number of anilines is 1. The minimum Gasteiger partial charge on any atom is -0.550 e. The van der Waals surface area contributed by atoms with Gasteiger partial charge in [0.2, 0.25) is 5.91 Å². The minimum absolute atomic E-state index is 0.196. The van der Waals surface area contributed by atoms with Crippen molar-refractivity contribution < 1.29 is 34.2 Å². The van der Waals surface area contributed by atoms with Gasteiger partial charge in [0.15, 0.2) is 5.92 Å². The average molecular weight is 345 g/mol. The van der Waals surface area contributed by atoms with Crippen LogP contribution in [-0.2, 0) is 19.2 Å². The standard InChI is InChI=1S/C15H13N3O7/c19-11(20)6-10(14(23)24)16-7-9-12(21)17-15(25)18(13(9)22)8-4-2-1-3-5-8/h1-5,7,9-10H,6H2,(H,19,20)(H,23,24)(H,17,21,25)/p-2/t9-,10-/m1/s1. The number of carboxylic acid groups (broad SMARTS) is 2. The second kappa shape index (κ2) is 7.34. The number of carbonyl (C=O) groups is 5. The van der Waals surface area contributed by atoms with E-state index in [1.807, 2.05) is 5.32 Å². The van der Waals surface area contributed by atoms with Crippen molar-refractivity contribution in [3.05, 3.63) is 30.3 Å². The van der Waals surface area contributed by atoms with E-state index in [4.69, 9.17) is 0 Å². The topological polar surface area (TPSA) is 159 Å². The summed E-state index contributed by atoms with van der Waals surface area (Å²) < 4.78 is 0. The van der Waals surface area contributed by atoms with Gasteiger partial charge >= 0.3 is 6.03 Å². The minimum atomic E-state index is -1.83. The van der Waals surface area contributed by atoms with Crippen LogP contribution in [0.5, 0.6) is 0 Å². The summed E-state index contributed by atoms with van der Waals surface area (Å²) in [4.78, 5) is 61.6. The van der Waals surface area contributed by atoms with Gasteiger partial charge < -0.3 is 19.8 Å². The maximum Gasteiger partial charge on any atom is 0.335 e. The van der Waals surface area contributed by atoms with Gasteiger partial charge in [-0.2, -0.15) is 0 Å². The number of aliphatic imine (C=N–C) groups is 1. The molecule has 0 aliphatic carbocycles. The van der Waals surface area contributed by atoms with Crippen LogP contribution in [0.4, 0.5) is 10.5 Å². The first-order valence-electron chi connectivity index (χ1n) is 6.99. The molecule has 130 valence electrons. The fourth-order valence-corrected chi connectivity index (χ4v) is 2.09. The van der Waals surface area contributed by atoms with Gasteiger partial charge in [0.1, 0.15) is 0 Å². The first-order chi connectivity index (χ1) is 11.8. The van der Waals surface area contributed by atoms with E-state index < -0.39 is 48.2 Å². The van der Waals surface area contributed by atoms with Gasteiger partial charge in [-0.15, -0.1) is 0 Å². The lowest BCUT2D eigenvalue weighted by Gasteiger charge is -2.28. The summed E-state index contributed by atoms with van der Waals surface area (Å²) >= 11 is 0. The molecule has 10 heteroatoms. The van der Waals surface area contributed by atoms with Gasteiger partial charge in [-0.3, -0.25) is 19.9 Å². The number of para-hydroxylation sites is 1. The van der Waals surface area contributed by atoms with E-state index >= 15 is 0 Å². The second-order valence-corrected chi connectivity index (χ2v) is 4.99. The van der Waals surface area contributed by atoms with Crippen LogP contribution in [0, 0.1) is 5.92 Å². The monoisotopic (exact) mass is 345 g/mol. The summed E-state index contributed by atoms with van der Waals surface area (Å²) in [7, 11) is 0. The molecule has 0 saturated carbocycles. The normalized spacial score (nSPS) is 19.0. The Hall–Kier alpha value is -3.56. The third kappa shape index (κ3) is 4.05. The highest BCUT2D eigenvalue weighted by atomic mass is 16.4. The van der Waals surface area contributed by atoms with Crippen molar-refractivity contribution >= 4 is 41.7 Å². The van der Waals surface area contributed by atoms with Crippen LogP contribution in [0.3, 0.4) is 0 Å². The van der Waals surface area contributed by atoms with Crippen molar-refractivity contribution in [2.75, 3.05) is 4.90 Å². The molecule has 1 aliphatic rings. The first kappa shape index (κ1) is 17.8. The lowest BCUT2D eigenvalue weighted by Crippen LogP contribution is -2.58. The fourth-order valence-electron chi connectivity index (χ4n) is 2.09. The molecule has 1 N–H and O–H groups in total. The number of hydrogen-bond donors (Lipinski definition) is 1. The maximum atomic E-state index is 12.4. The van der Waals surface area contributed by atoms with Gasteiger partial charge in [-0.25, -0.2) is 9.69 Å². The van der Waals surface area contributed by atoms with Crippen molar-refractivity contribution in [3.8, 4) is 0 Å². The first-order valence-corrected chi connectivity index (χ1v) is 6.99. The molecule has 1 aliphatic heterocycles. The van der Waals surface area contributed by atoms with Crippen molar-refractivity contribution in [2.45, 2.75) is 12.5 Å². The Morgan fingerprint density at radius 3 is 2.40 bits per heavy atom. The van der Waals surface area contributed by atoms with E-state index in [0.29, 0.717) is 11.1 Å². The molecule has 0 spiro atoms. The molecular weight excluding hydrogens is 334 g/mol. The highest BCUT2D eigenvalue weighted by Gasteiger charge is 2.40. The van der Waals surface area contributed by atoms with Crippen molar-refractivity contribution in [1.29, 1.82) is 0 Å². The van der Waals surface area contributed by atoms with E-state index in [0.717, 1.165) is 0 Å². The fraction of sp³-hybridized carbons (Fsp3) is 0.200. The summed E-state index contributed by atoms with van der Waals surface area (Å²) in [5.41, 5.74) is 0.196. The molecule has 0 aromatic heterocycles. The van der Waals surface area contributed by atoms with Crippen LogP contribution >= 0.6 is 0 Å². The van der Waals surface area contributed by atoms with E-state index in [-0.39, 0.29) is 5.69 Å². The van der Waals surface area contributed by atoms with Crippen LogP contribution in [0.2, 0.25) is 0 Å². The van der Waals surface area contributed by atoms with E-state index in [1.54, 1.807) is 18.2 Å². The number of hydrogen-bond acceptors (Lipinski definition) is 8. The third-order valence-corrected chi connectivity index (χ3v) is 3.26. The molecule has 2 atom stereocenters. The van der Waals surface area contributed by atoms with Crippen LogP contribution in [0.15, 0.2) is 35.3 Å². The Morgan fingerprint density at radius 1 is 1.20 bits per heavy atom. The summed E-state index contributed by atoms with van der Waals surface area (Å²) in [5.74, 6) is -7.04. The Kier molecular flexibility index (Phi) is 5.22. The summed E-state index contributed by atoms with van der Waals surface area (Å²) in [6.07, 6.45) is -0.299. The Bertz CT molecular complexity index is 760. The predicted molar refractivity (Wildman–Crippen MR) is 77.9 cm³/mol. The number of aliphatic carboxylic acids is 2. The molecular formula is C15H11N3O7-2. The van der Waals surface area contributed by atoms with Crippen LogP contribution in [-0.4, -0.2) is 42.0 Å². The highest BCUT2D eigenvalue weighted by molar-refractivity contribution is 6.32. The molecule has 0 bridgehead atoms. The Balaban J connectivity index is 2.27. The van der Waals surface area contributed by atoms with E-state index in [1.165, 1.54) is 12.1 Å². The molecule has 10 nitrogen and oxygen atoms in total. The van der Waals surface area contributed by atoms with Gasteiger partial charge in [0.05, 0.1) is 17.7 Å². The summed E-state index contributed by atoms with van der Waals surface area (Å²) in [6, 6.07) is 4.93. The molecule has 1 aromatic rings. The largest absolute Gasteiger partial charge is 0.550 e. The smallest absolute Gasteiger partial charge is 0.335 e. The maximum absolute atomic E-state index is 12.4. The zero-order valence-corrected chi connectivity index (χ0v) is 12.6. The SMILES string of the molecule is O=C([O-])C[C@@H](N=C[C@@H]1C(=O)NC(=O)N(c2ccccc2)C1=O)C(=O)[O-]. The van der Waals surface area contributed by atoms with Gasteiger partial charge in [-0.05, 0) is 12.1 Å². The van der Waals surface area contributed by atoms with Crippen LogP contribution in [0.1, 0.15) is 6.42 Å². The molecule has 1 saturated heterocycles. The number of imide groups is 2. The number of nitrogens with one attached hydrogen (secondary N) is 1. The number of carbonyl (C=O) groups excluding carboxylic acids is 5. The molecule has 1 heterocycles. The molecule has 25 heavy (non-hydrogen) atoms.